The van der Waals surface area contributed by atoms with E-state index in [4.69, 9.17) is 0 Å². The zero-order valence-corrected chi connectivity index (χ0v) is 13.7. The van der Waals surface area contributed by atoms with Crippen LogP contribution in [0.25, 0.3) is 0 Å². The van der Waals surface area contributed by atoms with Crippen LogP contribution in [0.15, 0.2) is 40.1 Å². The number of hydrogen-bond donors (Lipinski definition) is 1. The third-order valence-corrected chi connectivity index (χ3v) is 5.63. The van der Waals surface area contributed by atoms with Crippen molar-refractivity contribution in [3.05, 3.63) is 46.4 Å². The minimum absolute atomic E-state index is 0.279. The number of benzene rings is 1. The highest BCUT2D eigenvalue weighted by Crippen LogP contribution is 2.20. The molecule has 2 rings (SSSR count). The second kappa shape index (κ2) is 7.13. The summed E-state index contributed by atoms with van der Waals surface area (Å²) >= 11 is 1.46. The lowest BCUT2D eigenvalue weighted by Crippen LogP contribution is -2.28. The zero-order valence-electron chi connectivity index (χ0n) is 12.1. The Morgan fingerprint density at radius 2 is 2.10 bits per heavy atom. The number of nitrogens with one attached hydrogen (secondary N) is 1. The van der Waals surface area contributed by atoms with Crippen LogP contribution >= 0.6 is 11.3 Å². The molecule has 0 unspecified atom stereocenters. The minimum Gasteiger partial charge on any atom is -0.313 e. The Morgan fingerprint density at radius 1 is 1.33 bits per heavy atom. The number of nitrogens with zero attached hydrogens (tertiary/aromatic N) is 2. The standard InChI is InChI=1S/C14H19N3O2S2/c1-3-15-8-12-6-4-5-7-14(12)21(18,19)17(2)9-13-10-20-11-16-13/h4-7,10-11,15H,3,8-9H2,1-2H3. The van der Waals surface area contributed by atoms with Crippen molar-refractivity contribution in [2.45, 2.75) is 24.9 Å². The van der Waals surface area contributed by atoms with Crippen molar-refractivity contribution in [3.63, 3.8) is 0 Å². The zero-order chi connectivity index (χ0) is 15.3. The molecule has 0 radical (unpaired) electrons. The lowest BCUT2D eigenvalue weighted by atomic mass is 10.2. The van der Waals surface area contributed by atoms with Gasteiger partial charge in [0, 0.05) is 19.0 Å². The van der Waals surface area contributed by atoms with Crippen LogP contribution in [-0.2, 0) is 23.1 Å². The maximum absolute atomic E-state index is 12.7. The van der Waals surface area contributed by atoms with Crippen LogP contribution in [0.2, 0.25) is 0 Å². The van der Waals surface area contributed by atoms with E-state index >= 15 is 0 Å². The summed E-state index contributed by atoms with van der Waals surface area (Å²) in [6.45, 7) is 3.60. The molecular formula is C14H19N3O2S2. The average Bonchev–Trinajstić information content (AvgIpc) is 2.98. The Kier molecular flexibility index (Phi) is 5.46. The van der Waals surface area contributed by atoms with Gasteiger partial charge in [0.2, 0.25) is 10.0 Å². The molecule has 0 saturated heterocycles. The number of thiazole rings is 1. The van der Waals surface area contributed by atoms with Crippen LogP contribution in [-0.4, -0.2) is 31.3 Å². The van der Waals surface area contributed by atoms with Gasteiger partial charge in [-0.2, -0.15) is 4.31 Å². The van der Waals surface area contributed by atoms with Gasteiger partial charge in [-0.25, -0.2) is 13.4 Å². The second-order valence-electron chi connectivity index (χ2n) is 4.63. The van der Waals surface area contributed by atoms with Crippen LogP contribution in [0.3, 0.4) is 0 Å². The second-order valence-corrected chi connectivity index (χ2v) is 7.36. The highest BCUT2D eigenvalue weighted by atomic mass is 32.2. The van der Waals surface area contributed by atoms with Gasteiger partial charge in [0.15, 0.2) is 0 Å². The fourth-order valence-electron chi connectivity index (χ4n) is 1.96. The number of hydrogen-bond acceptors (Lipinski definition) is 5. The largest absolute Gasteiger partial charge is 0.313 e. The third kappa shape index (κ3) is 3.88. The molecule has 0 amide bonds. The molecule has 1 N–H and O–H groups in total. The molecular weight excluding hydrogens is 306 g/mol. The summed E-state index contributed by atoms with van der Waals surface area (Å²) in [7, 11) is -1.94. The van der Waals surface area contributed by atoms with E-state index < -0.39 is 10.0 Å². The summed E-state index contributed by atoms with van der Waals surface area (Å²) < 4.78 is 26.8. The molecule has 2 aromatic rings. The first-order valence-corrected chi connectivity index (χ1v) is 9.06. The SMILES string of the molecule is CCNCc1ccccc1S(=O)(=O)N(C)Cc1cscn1. The van der Waals surface area contributed by atoms with E-state index in [1.807, 2.05) is 24.4 Å². The molecule has 1 aromatic carbocycles. The predicted molar refractivity (Wildman–Crippen MR) is 84.6 cm³/mol. The topological polar surface area (TPSA) is 62.3 Å². The lowest BCUT2D eigenvalue weighted by molar-refractivity contribution is 0.462. The van der Waals surface area contributed by atoms with Crippen LogP contribution in [0.4, 0.5) is 0 Å². The summed E-state index contributed by atoms with van der Waals surface area (Å²) in [6, 6.07) is 7.09. The van der Waals surface area contributed by atoms with Crippen LogP contribution in [0.1, 0.15) is 18.2 Å². The van der Waals surface area contributed by atoms with Crippen molar-refractivity contribution >= 4 is 21.4 Å². The minimum atomic E-state index is -3.52. The van der Waals surface area contributed by atoms with Gasteiger partial charge in [0.05, 0.1) is 22.6 Å². The maximum atomic E-state index is 12.7. The van der Waals surface area contributed by atoms with Crippen LogP contribution < -0.4 is 5.32 Å². The van der Waals surface area contributed by atoms with Gasteiger partial charge in [-0.3, -0.25) is 0 Å². The lowest BCUT2D eigenvalue weighted by Gasteiger charge is -2.18. The molecule has 5 nitrogen and oxygen atoms in total. The van der Waals surface area contributed by atoms with E-state index in [2.05, 4.69) is 10.3 Å². The normalized spacial score (nSPS) is 12.0. The van der Waals surface area contributed by atoms with Crippen LogP contribution in [0.5, 0.6) is 0 Å². The van der Waals surface area contributed by atoms with Gasteiger partial charge >= 0.3 is 0 Å². The van der Waals surface area contributed by atoms with Crippen LogP contribution in [0, 0.1) is 0 Å². The molecule has 0 bridgehead atoms. The van der Waals surface area contributed by atoms with Crippen molar-refractivity contribution in [3.8, 4) is 0 Å². The highest BCUT2D eigenvalue weighted by molar-refractivity contribution is 7.89. The van der Waals surface area contributed by atoms with Gasteiger partial charge < -0.3 is 5.32 Å². The molecule has 0 spiro atoms. The Bertz CT molecular complexity index is 669. The Balaban J connectivity index is 2.26. The van der Waals surface area contributed by atoms with Gasteiger partial charge in [-0.15, -0.1) is 11.3 Å². The van der Waals surface area contributed by atoms with E-state index in [1.54, 1.807) is 24.7 Å². The summed E-state index contributed by atoms with van der Waals surface area (Å²) in [5, 5.41) is 5.03. The first-order valence-electron chi connectivity index (χ1n) is 6.67. The monoisotopic (exact) mass is 325 g/mol. The van der Waals surface area contributed by atoms with E-state index in [0.717, 1.165) is 17.8 Å². The number of sulfonamides is 1. The summed E-state index contributed by atoms with van der Waals surface area (Å²) in [5.41, 5.74) is 3.24. The molecule has 1 heterocycles. The summed E-state index contributed by atoms with van der Waals surface area (Å²) in [5.74, 6) is 0. The molecule has 21 heavy (non-hydrogen) atoms. The first kappa shape index (κ1) is 16.1. The summed E-state index contributed by atoms with van der Waals surface area (Å²) in [4.78, 5) is 4.49. The fraction of sp³-hybridized carbons (Fsp3) is 0.357. The van der Waals surface area contributed by atoms with E-state index in [1.165, 1.54) is 15.6 Å². The number of aromatic nitrogens is 1. The van der Waals surface area contributed by atoms with Crippen molar-refractivity contribution in [2.75, 3.05) is 13.6 Å². The molecule has 0 aliphatic heterocycles. The van der Waals surface area contributed by atoms with Gasteiger partial charge in [0.25, 0.3) is 0 Å². The van der Waals surface area contributed by atoms with E-state index in [0.29, 0.717) is 11.4 Å². The molecule has 0 atom stereocenters. The third-order valence-electron chi connectivity index (χ3n) is 3.09. The van der Waals surface area contributed by atoms with Gasteiger partial charge in [-0.05, 0) is 18.2 Å². The average molecular weight is 325 g/mol. The highest BCUT2D eigenvalue weighted by Gasteiger charge is 2.23. The predicted octanol–water partition coefficient (Wildman–Crippen LogP) is 2.07. The molecule has 7 heteroatoms. The van der Waals surface area contributed by atoms with E-state index in [-0.39, 0.29) is 6.54 Å². The Morgan fingerprint density at radius 3 is 2.76 bits per heavy atom. The molecule has 1 aromatic heterocycles. The molecule has 0 aliphatic rings. The molecule has 0 saturated carbocycles. The molecule has 0 aliphatic carbocycles. The van der Waals surface area contributed by atoms with Crippen molar-refractivity contribution in [1.29, 1.82) is 0 Å². The van der Waals surface area contributed by atoms with Crippen molar-refractivity contribution in [1.82, 2.24) is 14.6 Å². The smallest absolute Gasteiger partial charge is 0.243 e. The fourth-order valence-corrected chi connectivity index (χ4v) is 3.87. The van der Waals surface area contributed by atoms with Crippen molar-refractivity contribution in [2.24, 2.45) is 0 Å². The van der Waals surface area contributed by atoms with Gasteiger partial charge in [0.1, 0.15) is 0 Å². The Labute approximate surface area is 129 Å². The number of rotatable bonds is 7. The van der Waals surface area contributed by atoms with Crippen molar-refractivity contribution < 1.29 is 8.42 Å². The first-order chi connectivity index (χ1) is 10.1. The summed E-state index contributed by atoms with van der Waals surface area (Å²) in [6.07, 6.45) is 0. The molecule has 114 valence electrons. The quantitative estimate of drug-likeness (QED) is 0.846. The van der Waals surface area contributed by atoms with E-state index in [9.17, 15) is 8.42 Å². The van der Waals surface area contributed by atoms with Gasteiger partial charge in [-0.1, -0.05) is 25.1 Å². The maximum Gasteiger partial charge on any atom is 0.243 e. The molecule has 0 fully saturated rings. The Hall–Kier alpha value is -1.28.